The highest BCUT2D eigenvalue weighted by molar-refractivity contribution is 7.98. The fourth-order valence-electron chi connectivity index (χ4n) is 1.38. The molecule has 0 bridgehead atoms. The highest BCUT2D eigenvalue weighted by Gasteiger charge is 2.14. The molecule has 5 heteroatoms. The normalized spacial score (nSPS) is 9.94. The number of ether oxygens (including phenoxy) is 2. The predicted octanol–water partition coefficient (Wildman–Crippen LogP) is 2.76. The summed E-state index contributed by atoms with van der Waals surface area (Å²) in [7, 11) is 0. The molecule has 0 atom stereocenters. The summed E-state index contributed by atoms with van der Waals surface area (Å²) in [4.78, 5) is 24.1. The van der Waals surface area contributed by atoms with Gasteiger partial charge in [-0.25, -0.2) is 9.59 Å². The van der Waals surface area contributed by atoms with Crippen molar-refractivity contribution >= 4 is 23.7 Å². The van der Waals surface area contributed by atoms with E-state index in [2.05, 4.69) is 0 Å². The van der Waals surface area contributed by atoms with E-state index in [0.717, 1.165) is 4.90 Å². The quantitative estimate of drug-likeness (QED) is 0.607. The van der Waals surface area contributed by atoms with Crippen LogP contribution in [0.25, 0.3) is 0 Å². The van der Waals surface area contributed by atoms with Crippen LogP contribution in [0.2, 0.25) is 0 Å². The Balaban J connectivity index is 3.08. The second-order valence-electron chi connectivity index (χ2n) is 3.39. The molecular weight excluding hydrogens is 252 g/mol. The third kappa shape index (κ3) is 3.77. The molecule has 18 heavy (non-hydrogen) atoms. The van der Waals surface area contributed by atoms with Crippen LogP contribution in [0.4, 0.5) is 0 Å². The van der Waals surface area contributed by atoms with Crippen LogP contribution in [-0.4, -0.2) is 31.4 Å². The van der Waals surface area contributed by atoms with E-state index in [9.17, 15) is 9.59 Å². The average Bonchev–Trinajstić information content (AvgIpc) is 2.38. The van der Waals surface area contributed by atoms with Crippen molar-refractivity contribution in [2.45, 2.75) is 18.7 Å². The molecule has 0 unspecified atom stereocenters. The van der Waals surface area contributed by atoms with E-state index in [1.807, 2.05) is 6.26 Å². The first-order chi connectivity index (χ1) is 8.62. The molecule has 0 aliphatic heterocycles. The van der Waals surface area contributed by atoms with Crippen molar-refractivity contribution in [3.05, 3.63) is 29.3 Å². The molecule has 0 saturated carbocycles. The van der Waals surface area contributed by atoms with E-state index in [-0.39, 0.29) is 0 Å². The fourth-order valence-corrected chi connectivity index (χ4v) is 1.87. The lowest BCUT2D eigenvalue weighted by Crippen LogP contribution is -2.09. The molecule has 0 saturated heterocycles. The maximum atomic E-state index is 11.7. The van der Waals surface area contributed by atoms with Crippen LogP contribution in [0.3, 0.4) is 0 Å². The van der Waals surface area contributed by atoms with E-state index in [1.165, 1.54) is 17.8 Å². The van der Waals surface area contributed by atoms with Gasteiger partial charge in [0.1, 0.15) is 0 Å². The van der Waals surface area contributed by atoms with Gasteiger partial charge in [-0.3, -0.25) is 0 Å². The molecule has 0 spiro atoms. The minimum Gasteiger partial charge on any atom is -0.462 e. The third-order valence-electron chi connectivity index (χ3n) is 2.16. The summed E-state index contributed by atoms with van der Waals surface area (Å²) in [6.07, 6.45) is 1.87. The van der Waals surface area contributed by atoms with Gasteiger partial charge < -0.3 is 9.47 Å². The molecule has 0 heterocycles. The van der Waals surface area contributed by atoms with Gasteiger partial charge in [-0.2, -0.15) is 0 Å². The zero-order valence-corrected chi connectivity index (χ0v) is 11.5. The monoisotopic (exact) mass is 268 g/mol. The van der Waals surface area contributed by atoms with Gasteiger partial charge in [-0.15, -0.1) is 11.8 Å². The van der Waals surface area contributed by atoms with Gasteiger partial charge >= 0.3 is 11.9 Å². The largest absolute Gasteiger partial charge is 0.462 e. The first-order valence-corrected chi connectivity index (χ1v) is 6.88. The summed E-state index contributed by atoms with van der Waals surface area (Å²) >= 11 is 1.45. The molecule has 1 aromatic carbocycles. The van der Waals surface area contributed by atoms with E-state index >= 15 is 0 Å². The lowest BCUT2D eigenvalue weighted by atomic mass is 10.1. The zero-order chi connectivity index (χ0) is 13.5. The Morgan fingerprint density at radius 1 is 1.00 bits per heavy atom. The predicted molar refractivity (Wildman–Crippen MR) is 70.1 cm³/mol. The number of hydrogen-bond donors (Lipinski definition) is 0. The topological polar surface area (TPSA) is 52.6 Å². The summed E-state index contributed by atoms with van der Waals surface area (Å²) < 4.78 is 9.84. The molecule has 0 aliphatic rings. The van der Waals surface area contributed by atoms with Crippen LogP contribution >= 0.6 is 11.8 Å². The van der Waals surface area contributed by atoms with E-state index < -0.39 is 11.9 Å². The Labute approximate surface area is 111 Å². The summed E-state index contributed by atoms with van der Waals surface area (Å²) in [6.45, 7) is 4.08. The lowest BCUT2D eigenvalue weighted by Gasteiger charge is -2.07. The number of rotatable bonds is 5. The molecular formula is C13H16O4S. The smallest absolute Gasteiger partial charge is 0.338 e. The summed E-state index contributed by atoms with van der Waals surface area (Å²) in [6, 6.07) is 4.90. The minimum atomic E-state index is -0.432. The van der Waals surface area contributed by atoms with Crippen molar-refractivity contribution in [1.82, 2.24) is 0 Å². The van der Waals surface area contributed by atoms with Crippen molar-refractivity contribution in [1.29, 1.82) is 0 Å². The summed E-state index contributed by atoms with van der Waals surface area (Å²) in [5.41, 5.74) is 0.735. The van der Waals surface area contributed by atoms with Gasteiger partial charge in [0.05, 0.1) is 24.3 Å². The number of thioether (sulfide) groups is 1. The minimum absolute atomic E-state index is 0.303. The highest BCUT2D eigenvalue weighted by atomic mass is 32.2. The summed E-state index contributed by atoms with van der Waals surface area (Å²) in [5, 5.41) is 0. The molecule has 98 valence electrons. The zero-order valence-electron chi connectivity index (χ0n) is 10.7. The van der Waals surface area contributed by atoms with Gasteiger partial charge in [-0.1, -0.05) is 0 Å². The maximum Gasteiger partial charge on any atom is 0.338 e. The Kier molecular flexibility index (Phi) is 5.71. The number of esters is 2. The molecule has 0 aromatic heterocycles. The number of benzene rings is 1. The Morgan fingerprint density at radius 2 is 1.44 bits per heavy atom. The highest BCUT2D eigenvalue weighted by Crippen LogP contribution is 2.20. The van der Waals surface area contributed by atoms with E-state index in [4.69, 9.17) is 9.47 Å². The first kappa shape index (κ1) is 14.6. The van der Waals surface area contributed by atoms with Crippen molar-refractivity contribution in [3.8, 4) is 0 Å². The first-order valence-electron chi connectivity index (χ1n) is 5.65. The maximum absolute atomic E-state index is 11.7. The molecule has 1 rings (SSSR count). The van der Waals surface area contributed by atoms with E-state index in [0.29, 0.717) is 24.3 Å². The SMILES string of the molecule is CCOC(=O)c1cc(SC)cc(C(=O)OCC)c1. The van der Waals surface area contributed by atoms with Crippen molar-refractivity contribution in [3.63, 3.8) is 0 Å². The van der Waals surface area contributed by atoms with Crippen LogP contribution in [0.5, 0.6) is 0 Å². The van der Waals surface area contributed by atoms with Crippen LogP contribution in [0.15, 0.2) is 23.1 Å². The second-order valence-corrected chi connectivity index (χ2v) is 4.27. The molecule has 0 fully saturated rings. The van der Waals surface area contributed by atoms with Gasteiger partial charge in [0.25, 0.3) is 0 Å². The van der Waals surface area contributed by atoms with Crippen molar-refractivity contribution in [2.75, 3.05) is 19.5 Å². The molecule has 0 N–H and O–H groups in total. The van der Waals surface area contributed by atoms with Crippen LogP contribution in [0.1, 0.15) is 34.6 Å². The van der Waals surface area contributed by atoms with Crippen LogP contribution < -0.4 is 0 Å². The van der Waals surface area contributed by atoms with Gasteiger partial charge in [0.15, 0.2) is 0 Å². The Hall–Kier alpha value is -1.49. The number of carbonyl (C=O) groups excluding carboxylic acids is 2. The Morgan fingerprint density at radius 3 is 1.78 bits per heavy atom. The van der Waals surface area contributed by atoms with Gasteiger partial charge in [0.2, 0.25) is 0 Å². The standard InChI is InChI=1S/C13H16O4S/c1-4-16-12(14)9-6-10(13(15)17-5-2)8-11(7-9)18-3/h6-8H,4-5H2,1-3H3. The molecule has 0 aliphatic carbocycles. The number of carbonyl (C=O) groups is 2. The number of hydrogen-bond acceptors (Lipinski definition) is 5. The molecule has 1 aromatic rings. The molecule has 4 nitrogen and oxygen atoms in total. The summed E-state index contributed by atoms with van der Waals surface area (Å²) in [5.74, 6) is -0.863. The third-order valence-corrected chi connectivity index (χ3v) is 2.87. The molecule has 0 radical (unpaired) electrons. The average molecular weight is 268 g/mol. The second kappa shape index (κ2) is 7.06. The van der Waals surface area contributed by atoms with E-state index in [1.54, 1.807) is 26.0 Å². The lowest BCUT2D eigenvalue weighted by molar-refractivity contribution is 0.0524. The van der Waals surface area contributed by atoms with Gasteiger partial charge in [0, 0.05) is 4.90 Å². The Bertz CT molecular complexity index is 406. The fraction of sp³-hybridized carbons (Fsp3) is 0.385. The van der Waals surface area contributed by atoms with Crippen LogP contribution in [0, 0.1) is 0 Å². The van der Waals surface area contributed by atoms with Gasteiger partial charge in [-0.05, 0) is 38.3 Å². The van der Waals surface area contributed by atoms with Crippen molar-refractivity contribution in [2.24, 2.45) is 0 Å². The molecule has 0 amide bonds. The van der Waals surface area contributed by atoms with Crippen LogP contribution in [-0.2, 0) is 9.47 Å². The van der Waals surface area contributed by atoms with Crippen molar-refractivity contribution < 1.29 is 19.1 Å².